The van der Waals surface area contributed by atoms with Crippen LogP contribution in [0.25, 0.3) is 6.08 Å². The minimum atomic E-state index is -0.639. The van der Waals surface area contributed by atoms with E-state index in [9.17, 15) is 5.11 Å². The molecule has 1 aliphatic rings. The Bertz CT molecular complexity index is 1240. The van der Waals surface area contributed by atoms with Crippen LogP contribution >= 0.6 is 0 Å². The van der Waals surface area contributed by atoms with Gasteiger partial charge in [0.1, 0.15) is 5.75 Å². The highest BCUT2D eigenvalue weighted by atomic mass is 16.5. The smallest absolute Gasteiger partial charge is 0.161 e. The van der Waals surface area contributed by atoms with Crippen LogP contribution in [0.4, 0.5) is 0 Å². The molecule has 1 N–H and O–H groups in total. The van der Waals surface area contributed by atoms with Gasteiger partial charge in [-0.1, -0.05) is 36.4 Å². The molecule has 0 bridgehead atoms. The van der Waals surface area contributed by atoms with Crippen LogP contribution in [0.2, 0.25) is 0 Å². The molecule has 1 heterocycles. The summed E-state index contributed by atoms with van der Waals surface area (Å²) in [5.41, 5.74) is 2.89. The number of aliphatic hydroxyl groups excluding tert-OH is 1. The molecular weight excluding hydrogens is 496 g/mol. The lowest BCUT2D eigenvalue weighted by Gasteiger charge is -2.38. The van der Waals surface area contributed by atoms with Crippen molar-refractivity contribution in [3.8, 4) is 28.7 Å². The van der Waals surface area contributed by atoms with Crippen LogP contribution in [0.1, 0.15) is 41.7 Å². The molecule has 3 aromatic carbocycles. The Morgan fingerprint density at radius 2 is 1.44 bits per heavy atom. The third kappa shape index (κ3) is 6.67. The van der Waals surface area contributed by atoms with Gasteiger partial charge in [-0.2, -0.15) is 0 Å². The predicted octanol–water partition coefficient (Wildman–Crippen LogP) is 6.26. The second kappa shape index (κ2) is 13.4. The summed E-state index contributed by atoms with van der Waals surface area (Å²) in [6.45, 7) is 0.447. The molecule has 7 nitrogen and oxygen atoms in total. The van der Waals surface area contributed by atoms with Gasteiger partial charge in [-0.15, -0.1) is 0 Å². The highest BCUT2D eigenvalue weighted by Crippen LogP contribution is 2.44. The molecule has 208 valence electrons. The van der Waals surface area contributed by atoms with E-state index >= 15 is 0 Å². The van der Waals surface area contributed by atoms with Crippen LogP contribution in [0, 0.1) is 11.8 Å². The molecule has 4 atom stereocenters. The third-order valence-electron chi connectivity index (χ3n) is 7.32. The fourth-order valence-corrected chi connectivity index (χ4v) is 5.19. The lowest BCUT2D eigenvalue weighted by molar-refractivity contribution is -0.0901. The fourth-order valence-electron chi connectivity index (χ4n) is 5.19. The number of rotatable bonds is 11. The molecule has 0 radical (unpaired) electrons. The summed E-state index contributed by atoms with van der Waals surface area (Å²) >= 11 is 0. The van der Waals surface area contributed by atoms with Crippen LogP contribution in [-0.2, 0) is 4.74 Å². The molecule has 3 aromatic rings. The van der Waals surface area contributed by atoms with Crippen molar-refractivity contribution in [2.75, 3.05) is 42.2 Å². The number of hydrogen-bond acceptors (Lipinski definition) is 7. The average molecular weight is 535 g/mol. The molecular formula is C32H38O7. The van der Waals surface area contributed by atoms with E-state index in [-0.39, 0.29) is 17.9 Å². The zero-order valence-electron chi connectivity index (χ0n) is 23.3. The SMILES string of the molecule is COc1ccc(C(O)[C@H]2CO[C@@H](c3ccc(OC)c(OC)c3)[C@H](C/C=C/c3ccc(OC)c(OC)c3)C2)cc1. The Kier molecular flexibility index (Phi) is 9.74. The molecule has 1 saturated heterocycles. The molecule has 0 spiro atoms. The quantitative estimate of drug-likeness (QED) is 0.311. The van der Waals surface area contributed by atoms with Crippen molar-refractivity contribution in [2.45, 2.75) is 25.0 Å². The number of hydrogen-bond donors (Lipinski definition) is 1. The maximum atomic E-state index is 11.2. The number of allylic oxidation sites excluding steroid dienone is 1. The molecule has 7 heteroatoms. The zero-order chi connectivity index (χ0) is 27.8. The fraction of sp³-hybridized carbons (Fsp3) is 0.375. The van der Waals surface area contributed by atoms with Gasteiger partial charge in [0.15, 0.2) is 23.0 Å². The van der Waals surface area contributed by atoms with Crippen LogP contribution in [-0.4, -0.2) is 47.3 Å². The Morgan fingerprint density at radius 1 is 0.795 bits per heavy atom. The molecule has 4 rings (SSSR count). The number of benzene rings is 3. The first-order valence-corrected chi connectivity index (χ1v) is 13.0. The standard InChI is InChI=1S/C32H38O7/c1-34-26-13-10-22(11-14-26)31(33)25-18-23(8-6-7-21-9-15-27(35-2)29(17-21)37-4)32(39-20-25)24-12-16-28(36-3)30(19-24)38-5/h6-7,9-17,19,23,25,31-33H,8,18,20H2,1-5H3/b7-6+/t23-,25-,31?,32-/m1/s1. The van der Waals surface area contributed by atoms with Crippen molar-refractivity contribution in [1.29, 1.82) is 0 Å². The van der Waals surface area contributed by atoms with Crippen LogP contribution < -0.4 is 23.7 Å². The van der Waals surface area contributed by atoms with Gasteiger partial charge in [-0.05, 0) is 71.8 Å². The second-order valence-electron chi connectivity index (χ2n) is 9.59. The van der Waals surface area contributed by atoms with Gasteiger partial charge in [-0.25, -0.2) is 0 Å². The summed E-state index contributed by atoms with van der Waals surface area (Å²) in [4.78, 5) is 0. The van der Waals surface area contributed by atoms with Gasteiger partial charge < -0.3 is 33.5 Å². The largest absolute Gasteiger partial charge is 0.497 e. The van der Waals surface area contributed by atoms with Gasteiger partial charge >= 0.3 is 0 Å². The Hall–Kier alpha value is -3.68. The van der Waals surface area contributed by atoms with Crippen molar-refractivity contribution < 1.29 is 33.5 Å². The first kappa shape index (κ1) is 28.3. The van der Waals surface area contributed by atoms with Crippen molar-refractivity contribution in [2.24, 2.45) is 11.8 Å². The Balaban J connectivity index is 1.57. The number of aliphatic hydroxyl groups is 1. The Morgan fingerprint density at radius 3 is 2.08 bits per heavy atom. The summed E-state index contributed by atoms with van der Waals surface area (Å²) in [5.74, 6) is 3.57. The van der Waals surface area contributed by atoms with Gasteiger partial charge in [0.25, 0.3) is 0 Å². The summed E-state index contributed by atoms with van der Waals surface area (Å²) in [7, 11) is 8.15. The van der Waals surface area contributed by atoms with Crippen molar-refractivity contribution >= 4 is 6.08 Å². The molecule has 0 aliphatic carbocycles. The maximum absolute atomic E-state index is 11.2. The summed E-state index contributed by atoms with van der Waals surface area (Å²) in [6.07, 6.45) is 5.00. The molecule has 0 aromatic heterocycles. The average Bonchev–Trinajstić information content (AvgIpc) is 3.00. The predicted molar refractivity (Wildman–Crippen MR) is 151 cm³/mol. The molecule has 1 unspecified atom stereocenters. The molecule has 1 fully saturated rings. The summed E-state index contributed by atoms with van der Waals surface area (Å²) in [6, 6.07) is 19.3. The van der Waals surface area contributed by atoms with Crippen LogP contribution in [0.3, 0.4) is 0 Å². The van der Waals surface area contributed by atoms with Gasteiger partial charge in [0, 0.05) is 5.92 Å². The van der Waals surface area contributed by atoms with Crippen LogP contribution in [0.5, 0.6) is 28.7 Å². The molecule has 0 amide bonds. The number of methoxy groups -OCH3 is 5. The zero-order valence-corrected chi connectivity index (χ0v) is 23.3. The van der Waals surface area contributed by atoms with E-state index in [0.29, 0.717) is 29.6 Å². The first-order valence-electron chi connectivity index (χ1n) is 13.0. The molecule has 39 heavy (non-hydrogen) atoms. The minimum absolute atomic E-state index is 0.0470. The molecule has 0 saturated carbocycles. The lowest BCUT2D eigenvalue weighted by Crippen LogP contribution is -2.32. The van der Waals surface area contributed by atoms with E-state index in [0.717, 1.165) is 35.3 Å². The van der Waals surface area contributed by atoms with Gasteiger partial charge in [-0.3, -0.25) is 0 Å². The lowest BCUT2D eigenvalue weighted by atomic mass is 9.79. The van der Waals surface area contributed by atoms with E-state index in [1.165, 1.54) is 0 Å². The van der Waals surface area contributed by atoms with Crippen molar-refractivity contribution in [3.63, 3.8) is 0 Å². The van der Waals surface area contributed by atoms with E-state index < -0.39 is 6.10 Å². The third-order valence-corrected chi connectivity index (χ3v) is 7.32. The van der Waals surface area contributed by atoms with Gasteiger partial charge in [0.05, 0.1) is 54.4 Å². The van der Waals surface area contributed by atoms with E-state index in [4.69, 9.17) is 28.4 Å². The Labute approximate surface area is 230 Å². The topological polar surface area (TPSA) is 75.6 Å². The maximum Gasteiger partial charge on any atom is 0.161 e. The second-order valence-corrected chi connectivity index (χ2v) is 9.59. The van der Waals surface area contributed by atoms with Gasteiger partial charge in [0.2, 0.25) is 0 Å². The molecule has 1 aliphatic heterocycles. The normalized spacial score (nSPS) is 19.9. The summed E-state index contributed by atoms with van der Waals surface area (Å²) < 4.78 is 33.5. The van der Waals surface area contributed by atoms with Crippen LogP contribution in [0.15, 0.2) is 66.7 Å². The highest BCUT2D eigenvalue weighted by Gasteiger charge is 2.36. The monoisotopic (exact) mass is 534 g/mol. The van der Waals surface area contributed by atoms with Crippen molar-refractivity contribution in [1.82, 2.24) is 0 Å². The van der Waals surface area contributed by atoms with E-state index in [2.05, 4.69) is 12.2 Å². The first-order chi connectivity index (χ1) is 19.0. The van der Waals surface area contributed by atoms with E-state index in [1.807, 2.05) is 60.7 Å². The van der Waals surface area contributed by atoms with E-state index in [1.54, 1.807) is 35.5 Å². The summed E-state index contributed by atoms with van der Waals surface area (Å²) in [5, 5.41) is 11.2. The minimum Gasteiger partial charge on any atom is -0.497 e. The highest BCUT2D eigenvalue weighted by molar-refractivity contribution is 5.56. The number of ether oxygens (including phenoxy) is 6. The van der Waals surface area contributed by atoms with Crippen molar-refractivity contribution in [3.05, 3.63) is 83.4 Å².